The molecular weight excluding hydrogens is 375 g/mol. The number of halogens is 2. The van der Waals surface area contributed by atoms with E-state index >= 15 is 0 Å². The van der Waals surface area contributed by atoms with E-state index in [1.165, 1.54) is 6.07 Å². The molecule has 2 heterocycles. The van der Waals surface area contributed by atoms with Gasteiger partial charge < -0.3 is 5.11 Å². The zero-order valence-electron chi connectivity index (χ0n) is 9.50. The average molecular weight is 381 g/mol. The normalized spacial score (nSPS) is 11.3. The van der Waals surface area contributed by atoms with Crippen molar-refractivity contribution in [3.8, 4) is 0 Å². The van der Waals surface area contributed by atoms with Gasteiger partial charge in [0, 0.05) is 0 Å². The second-order valence-corrected chi connectivity index (χ2v) is 7.55. The van der Waals surface area contributed by atoms with E-state index in [0.29, 0.717) is 0 Å². The molecule has 106 valence electrons. The van der Waals surface area contributed by atoms with Crippen LogP contribution in [0.25, 0.3) is 0 Å². The summed E-state index contributed by atoms with van der Waals surface area (Å²) in [6.45, 7) is 0. The van der Waals surface area contributed by atoms with Gasteiger partial charge in [0.2, 0.25) is 5.95 Å². The minimum Gasteiger partial charge on any atom is -0.477 e. The van der Waals surface area contributed by atoms with Crippen molar-refractivity contribution in [3.05, 3.63) is 39.0 Å². The summed E-state index contributed by atoms with van der Waals surface area (Å²) in [5, 5.41) is 8.83. The van der Waals surface area contributed by atoms with Gasteiger partial charge in [-0.2, -0.15) is 4.39 Å². The lowest BCUT2D eigenvalue weighted by Crippen LogP contribution is -2.13. The molecule has 0 aliphatic rings. The fraction of sp³-hybridized carbons (Fsp3) is 0. The van der Waals surface area contributed by atoms with Gasteiger partial charge in [-0.05, 0) is 34.1 Å². The first kappa shape index (κ1) is 14.9. The number of nitrogens with one attached hydrogen (secondary N) is 1. The molecule has 0 saturated heterocycles. The maximum absolute atomic E-state index is 12.6. The lowest BCUT2D eigenvalue weighted by molar-refractivity contribution is 0.0702. The molecule has 0 spiro atoms. The Bertz CT molecular complexity index is 758. The van der Waals surface area contributed by atoms with Gasteiger partial charge in [0.25, 0.3) is 10.0 Å². The van der Waals surface area contributed by atoms with Crippen molar-refractivity contribution in [1.82, 2.24) is 4.98 Å². The summed E-state index contributed by atoms with van der Waals surface area (Å²) in [7, 11) is -3.98. The van der Waals surface area contributed by atoms with E-state index < -0.39 is 21.9 Å². The number of anilines is 1. The largest absolute Gasteiger partial charge is 0.477 e. The molecule has 0 saturated carbocycles. The number of hydrogen-bond donors (Lipinski definition) is 2. The van der Waals surface area contributed by atoms with Crippen LogP contribution < -0.4 is 4.72 Å². The van der Waals surface area contributed by atoms with Crippen molar-refractivity contribution in [2.45, 2.75) is 4.90 Å². The topological polar surface area (TPSA) is 96.4 Å². The number of aromatic nitrogens is 1. The monoisotopic (exact) mass is 380 g/mol. The Morgan fingerprint density at radius 2 is 2.15 bits per heavy atom. The summed E-state index contributed by atoms with van der Waals surface area (Å²) < 4.78 is 39.2. The van der Waals surface area contributed by atoms with E-state index in [1.807, 2.05) is 0 Å². The van der Waals surface area contributed by atoms with Gasteiger partial charge in [0.15, 0.2) is 0 Å². The number of pyridine rings is 1. The third-order valence-corrected chi connectivity index (χ3v) is 5.76. The summed E-state index contributed by atoms with van der Waals surface area (Å²) in [6.07, 6.45) is 1.02. The van der Waals surface area contributed by atoms with E-state index in [1.54, 1.807) is 0 Å². The van der Waals surface area contributed by atoms with Crippen LogP contribution in [0.3, 0.4) is 0 Å². The fourth-order valence-electron chi connectivity index (χ4n) is 1.29. The molecule has 2 aromatic heterocycles. The second-order valence-electron chi connectivity index (χ2n) is 3.53. The summed E-state index contributed by atoms with van der Waals surface area (Å²) >= 11 is 3.79. The van der Waals surface area contributed by atoms with E-state index in [-0.39, 0.29) is 19.2 Å². The number of aromatic carboxylic acids is 1. The minimum absolute atomic E-state index is 0.0707. The van der Waals surface area contributed by atoms with Gasteiger partial charge in [0.1, 0.15) is 9.77 Å². The van der Waals surface area contributed by atoms with Gasteiger partial charge in [-0.25, -0.2) is 18.2 Å². The van der Waals surface area contributed by atoms with Gasteiger partial charge in [0.05, 0.1) is 15.7 Å². The van der Waals surface area contributed by atoms with E-state index in [4.69, 9.17) is 5.11 Å². The lowest BCUT2D eigenvalue weighted by Gasteiger charge is -2.06. The van der Waals surface area contributed by atoms with Gasteiger partial charge in [-0.15, -0.1) is 11.3 Å². The Balaban J connectivity index is 2.35. The van der Waals surface area contributed by atoms with Gasteiger partial charge in [-0.3, -0.25) is 4.72 Å². The first-order chi connectivity index (χ1) is 9.29. The maximum Gasteiger partial charge on any atom is 0.345 e. The fourth-order valence-corrected chi connectivity index (χ4v) is 4.73. The van der Waals surface area contributed by atoms with E-state index in [2.05, 4.69) is 25.6 Å². The lowest BCUT2D eigenvalue weighted by atomic mass is 10.4. The Morgan fingerprint density at radius 1 is 1.45 bits per heavy atom. The molecule has 0 aliphatic carbocycles. The van der Waals surface area contributed by atoms with Crippen LogP contribution in [0.4, 0.5) is 10.1 Å². The third-order valence-electron chi connectivity index (χ3n) is 2.14. The number of nitrogens with zero attached hydrogens (tertiary/aromatic N) is 1. The highest BCUT2D eigenvalue weighted by atomic mass is 79.9. The Hall–Kier alpha value is -1.52. The molecule has 0 aliphatic heterocycles. The number of carboxylic acids is 1. The van der Waals surface area contributed by atoms with Crippen molar-refractivity contribution < 1.29 is 22.7 Å². The first-order valence-corrected chi connectivity index (χ1v) is 8.06. The predicted octanol–water partition coefficient (Wildman–Crippen LogP) is 2.54. The molecule has 2 aromatic rings. The van der Waals surface area contributed by atoms with Crippen LogP contribution in [0.15, 0.2) is 33.1 Å². The summed E-state index contributed by atoms with van der Waals surface area (Å²) in [5.74, 6) is -1.96. The second kappa shape index (κ2) is 5.46. The van der Waals surface area contributed by atoms with Crippen molar-refractivity contribution in [3.63, 3.8) is 0 Å². The van der Waals surface area contributed by atoms with Crippen LogP contribution in [0.2, 0.25) is 0 Å². The quantitative estimate of drug-likeness (QED) is 0.794. The van der Waals surface area contributed by atoms with Crippen molar-refractivity contribution in [2.24, 2.45) is 0 Å². The average Bonchev–Trinajstić information content (AvgIpc) is 2.75. The van der Waals surface area contributed by atoms with Gasteiger partial charge in [-0.1, -0.05) is 0 Å². The highest BCUT2D eigenvalue weighted by molar-refractivity contribution is 9.11. The van der Waals surface area contributed by atoms with Crippen molar-refractivity contribution in [1.29, 1.82) is 0 Å². The molecule has 20 heavy (non-hydrogen) atoms. The number of hydrogen-bond acceptors (Lipinski definition) is 5. The molecule has 2 rings (SSSR count). The number of carbonyl (C=O) groups is 1. The molecule has 0 atom stereocenters. The SMILES string of the molecule is O=C(O)c1cc(S(=O)(=O)Nc2ccc(F)nc2)c(Br)s1. The van der Waals surface area contributed by atoms with E-state index in [0.717, 1.165) is 29.7 Å². The van der Waals surface area contributed by atoms with Crippen LogP contribution in [0, 0.1) is 5.95 Å². The molecule has 0 amide bonds. The van der Waals surface area contributed by atoms with Crippen LogP contribution in [-0.2, 0) is 10.0 Å². The molecular formula is C10H6BrFN2O4S2. The van der Waals surface area contributed by atoms with Crippen molar-refractivity contribution in [2.75, 3.05) is 4.72 Å². The Kier molecular flexibility index (Phi) is 4.06. The molecule has 6 nitrogen and oxygen atoms in total. The summed E-state index contributed by atoms with van der Waals surface area (Å²) in [5.41, 5.74) is 0.0707. The van der Waals surface area contributed by atoms with E-state index in [9.17, 15) is 17.6 Å². The predicted molar refractivity (Wildman–Crippen MR) is 74.0 cm³/mol. The molecule has 2 N–H and O–H groups in total. The molecule has 0 unspecified atom stereocenters. The highest BCUT2D eigenvalue weighted by Crippen LogP contribution is 2.32. The van der Waals surface area contributed by atoms with Crippen LogP contribution in [0.1, 0.15) is 9.67 Å². The van der Waals surface area contributed by atoms with Crippen LogP contribution in [0.5, 0.6) is 0 Å². The number of thiophene rings is 1. The zero-order chi connectivity index (χ0) is 14.9. The van der Waals surface area contributed by atoms with Crippen LogP contribution in [-0.4, -0.2) is 24.5 Å². The molecule has 0 aromatic carbocycles. The summed E-state index contributed by atoms with van der Waals surface area (Å²) in [4.78, 5) is 13.8. The molecule has 0 radical (unpaired) electrons. The smallest absolute Gasteiger partial charge is 0.345 e. The third kappa shape index (κ3) is 3.14. The highest BCUT2D eigenvalue weighted by Gasteiger charge is 2.23. The van der Waals surface area contributed by atoms with Gasteiger partial charge >= 0.3 is 5.97 Å². The maximum atomic E-state index is 12.6. The Labute approximate surface area is 125 Å². The summed E-state index contributed by atoms with van der Waals surface area (Å²) in [6, 6.07) is 3.25. The minimum atomic E-state index is -3.98. The van der Waals surface area contributed by atoms with Crippen LogP contribution >= 0.6 is 27.3 Å². The van der Waals surface area contributed by atoms with Crippen molar-refractivity contribution >= 4 is 48.9 Å². The first-order valence-electron chi connectivity index (χ1n) is 4.96. The number of carboxylic acid groups (broad SMARTS) is 1. The molecule has 10 heteroatoms. The molecule has 0 bridgehead atoms. The number of rotatable bonds is 4. The number of sulfonamides is 1. The zero-order valence-corrected chi connectivity index (χ0v) is 12.7. The standard InChI is InChI=1S/C10H6BrFN2O4S2/c11-9-7(3-6(19-9)10(15)16)20(17,18)14-5-1-2-8(12)13-4-5/h1-4,14H,(H,15,16). The molecule has 0 fully saturated rings. The Morgan fingerprint density at radius 3 is 2.65 bits per heavy atom.